The molecule has 0 saturated carbocycles. The molecule has 0 fully saturated rings. The van der Waals surface area contributed by atoms with Crippen LogP contribution in [0.4, 0.5) is 4.79 Å². The Hall–Kier alpha value is -2.44. The second-order valence-corrected chi connectivity index (χ2v) is 7.95. The average Bonchev–Trinajstić information content (AvgIpc) is 2.63. The molecular weight excluding hydrogens is 374 g/mol. The number of rotatable bonds is 12. The molecule has 0 heterocycles. The van der Waals surface area contributed by atoms with Crippen molar-refractivity contribution in [2.45, 2.75) is 77.9 Å². The maximum atomic E-state index is 12.0. The molecule has 29 heavy (non-hydrogen) atoms. The molecule has 2 N–H and O–H groups in total. The predicted octanol–water partition coefficient (Wildman–Crippen LogP) is 4.56. The number of unbranched alkanes of at least 4 members (excludes halogenated alkanes) is 4. The van der Waals surface area contributed by atoms with E-state index < -0.39 is 23.7 Å². The van der Waals surface area contributed by atoms with Gasteiger partial charge in [0.15, 0.2) is 11.5 Å². The smallest absolute Gasteiger partial charge is 0.408 e. The summed E-state index contributed by atoms with van der Waals surface area (Å²) in [6, 6.07) is 4.17. The molecule has 0 saturated heterocycles. The lowest BCUT2D eigenvalue weighted by Crippen LogP contribution is -2.44. The van der Waals surface area contributed by atoms with Crippen LogP contribution in [-0.4, -0.2) is 42.5 Å². The zero-order chi connectivity index (χ0) is 21.9. The molecule has 1 unspecified atom stereocenters. The molecule has 1 aromatic rings. The molecule has 0 radical (unpaired) electrons. The van der Waals surface area contributed by atoms with Crippen LogP contribution in [0.25, 0.3) is 0 Å². The van der Waals surface area contributed by atoms with Gasteiger partial charge in [0.05, 0.1) is 13.7 Å². The van der Waals surface area contributed by atoms with Crippen molar-refractivity contribution >= 4 is 12.1 Å². The monoisotopic (exact) mass is 409 g/mol. The van der Waals surface area contributed by atoms with Crippen molar-refractivity contribution in [2.75, 3.05) is 13.7 Å². The topological polar surface area (TPSA) is 94.1 Å². The highest BCUT2D eigenvalue weighted by Gasteiger charge is 2.26. The summed E-state index contributed by atoms with van der Waals surface area (Å²) in [7, 11) is 1.54. The van der Waals surface area contributed by atoms with Gasteiger partial charge in [0.1, 0.15) is 11.6 Å². The van der Waals surface area contributed by atoms with E-state index in [1.807, 2.05) is 0 Å². The molecule has 0 aromatic heterocycles. The highest BCUT2D eigenvalue weighted by atomic mass is 16.6. The average molecular weight is 410 g/mol. The minimum Gasteiger partial charge on any atom is -0.493 e. The van der Waals surface area contributed by atoms with Gasteiger partial charge in [-0.15, -0.1) is 0 Å². The minimum atomic E-state index is -1.15. The van der Waals surface area contributed by atoms with E-state index in [9.17, 15) is 14.7 Å². The first-order valence-corrected chi connectivity index (χ1v) is 10.2. The Balaban J connectivity index is 2.85. The van der Waals surface area contributed by atoms with Gasteiger partial charge < -0.3 is 24.6 Å². The fourth-order valence-corrected chi connectivity index (χ4v) is 2.80. The zero-order valence-electron chi connectivity index (χ0n) is 18.2. The molecule has 0 spiro atoms. The van der Waals surface area contributed by atoms with Crippen molar-refractivity contribution in [3.05, 3.63) is 23.8 Å². The van der Waals surface area contributed by atoms with E-state index in [0.29, 0.717) is 23.7 Å². The lowest BCUT2D eigenvalue weighted by atomic mass is 10.0. The second-order valence-electron chi connectivity index (χ2n) is 7.95. The van der Waals surface area contributed by atoms with E-state index in [1.54, 1.807) is 46.1 Å². The van der Waals surface area contributed by atoms with E-state index in [-0.39, 0.29) is 6.42 Å². The first-order valence-electron chi connectivity index (χ1n) is 10.2. The summed E-state index contributed by atoms with van der Waals surface area (Å²) in [5.74, 6) is -0.0932. The third-order valence-electron chi connectivity index (χ3n) is 4.19. The highest BCUT2D eigenvalue weighted by molar-refractivity contribution is 5.80. The molecule has 1 atom stereocenters. The molecule has 0 bridgehead atoms. The lowest BCUT2D eigenvalue weighted by Gasteiger charge is -2.22. The molecule has 0 aliphatic carbocycles. The number of carbonyl (C=O) groups excluding carboxylic acids is 1. The van der Waals surface area contributed by atoms with Crippen molar-refractivity contribution in [1.82, 2.24) is 5.32 Å². The third kappa shape index (κ3) is 9.54. The maximum Gasteiger partial charge on any atom is 0.408 e. The van der Waals surface area contributed by atoms with Crippen LogP contribution in [-0.2, 0) is 16.0 Å². The van der Waals surface area contributed by atoms with Gasteiger partial charge in [0.25, 0.3) is 0 Å². The molecule has 7 heteroatoms. The number of aliphatic carboxylic acids is 1. The lowest BCUT2D eigenvalue weighted by molar-refractivity contribution is -0.139. The van der Waals surface area contributed by atoms with Gasteiger partial charge in [-0.25, -0.2) is 9.59 Å². The Bertz CT molecular complexity index is 653. The molecule has 7 nitrogen and oxygen atoms in total. The predicted molar refractivity (Wildman–Crippen MR) is 112 cm³/mol. The van der Waals surface area contributed by atoms with Gasteiger partial charge in [0, 0.05) is 12.0 Å². The number of benzene rings is 1. The summed E-state index contributed by atoms with van der Waals surface area (Å²) in [5.41, 5.74) is -0.0591. The zero-order valence-corrected chi connectivity index (χ0v) is 18.2. The number of amides is 1. The number of nitrogens with one attached hydrogen (secondary N) is 1. The van der Waals surface area contributed by atoms with Gasteiger partial charge in [-0.2, -0.15) is 0 Å². The van der Waals surface area contributed by atoms with E-state index in [4.69, 9.17) is 14.2 Å². The fraction of sp³-hybridized carbons (Fsp3) is 0.636. The van der Waals surface area contributed by atoms with E-state index in [2.05, 4.69) is 12.2 Å². The summed E-state index contributed by atoms with van der Waals surface area (Å²) in [6.07, 6.45) is 4.82. The molecule has 0 aliphatic heterocycles. The summed E-state index contributed by atoms with van der Waals surface area (Å²) in [6.45, 7) is 7.85. The number of carboxylic acids is 1. The van der Waals surface area contributed by atoms with Crippen LogP contribution in [0, 0.1) is 0 Å². The van der Waals surface area contributed by atoms with Gasteiger partial charge in [-0.1, -0.05) is 44.7 Å². The van der Waals surface area contributed by atoms with Gasteiger partial charge in [-0.05, 0) is 33.3 Å². The number of ether oxygens (including phenoxy) is 3. The third-order valence-corrected chi connectivity index (χ3v) is 4.19. The number of carbonyl (C=O) groups is 2. The first-order chi connectivity index (χ1) is 13.7. The van der Waals surface area contributed by atoms with E-state index >= 15 is 0 Å². The molecule has 1 amide bonds. The Morgan fingerprint density at radius 3 is 2.41 bits per heavy atom. The number of hydrogen-bond donors (Lipinski definition) is 2. The molecular formula is C22H35NO6. The molecule has 1 aromatic carbocycles. The molecule has 0 aliphatic rings. The summed E-state index contributed by atoms with van der Waals surface area (Å²) >= 11 is 0. The standard InChI is InChI=1S/C22H35NO6/c1-6-7-8-9-10-14-28-19-16(12-11-13-18(19)27-5)15-17(20(24)25)23-21(26)29-22(2,3)4/h11-13,17H,6-10,14-15H2,1-5H3,(H,23,26)(H,24,25). The Labute approximate surface area is 173 Å². The van der Waals surface area contributed by atoms with Crippen LogP contribution < -0.4 is 14.8 Å². The summed E-state index contributed by atoms with van der Waals surface area (Å²) < 4.78 is 16.5. The van der Waals surface area contributed by atoms with Crippen molar-refractivity contribution in [2.24, 2.45) is 0 Å². The molecule has 1 rings (SSSR count). The quantitative estimate of drug-likeness (QED) is 0.491. The number of carboxylic acid groups (broad SMARTS) is 1. The van der Waals surface area contributed by atoms with Crippen LogP contribution in [0.15, 0.2) is 18.2 Å². The summed E-state index contributed by atoms with van der Waals surface area (Å²) in [5, 5.41) is 12.0. The first kappa shape index (κ1) is 24.6. The van der Waals surface area contributed by atoms with Crippen LogP contribution in [0.5, 0.6) is 11.5 Å². The van der Waals surface area contributed by atoms with Crippen molar-refractivity contribution < 1.29 is 28.9 Å². The van der Waals surface area contributed by atoms with Gasteiger partial charge in [0.2, 0.25) is 0 Å². The van der Waals surface area contributed by atoms with Crippen LogP contribution in [0.1, 0.15) is 65.4 Å². The largest absolute Gasteiger partial charge is 0.493 e. The van der Waals surface area contributed by atoms with Crippen LogP contribution >= 0.6 is 0 Å². The minimum absolute atomic E-state index is 0.0525. The SMILES string of the molecule is CCCCCCCOc1c(CC(NC(=O)OC(C)(C)C)C(=O)O)cccc1OC. The fourth-order valence-electron chi connectivity index (χ4n) is 2.80. The Morgan fingerprint density at radius 2 is 1.83 bits per heavy atom. The normalized spacial score (nSPS) is 12.2. The van der Waals surface area contributed by atoms with Crippen LogP contribution in [0.3, 0.4) is 0 Å². The van der Waals surface area contributed by atoms with Crippen molar-refractivity contribution in [3.63, 3.8) is 0 Å². The Kier molecular flexibility index (Phi) is 10.3. The van der Waals surface area contributed by atoms with E-state index in [1.165, 1.54) is 19.3 Å². The summed E-state index contributed by atoms with van der Waals surface area (Å²) in [4.78, 5) is 23.7. The molecule has 164 valence electrons. The second kappa shape index (κ2) is 12.2. The van der Waals surface area contributed by atoms with Crippen LogP contribution in [0.2, 0.25) is 0 Å². The highest BCUT2D eigenvalue weighted by Crippen LogP contribution is 2.32. The number of methoxy groups -OCH3 is 1. The van der Waals surface area contributed by atoms with E-state index in [0.717, 1.165) is 12.8 Å². The Morgan fingerprint density at radius 1 is 1.14 bits per heavy atom. The van der Waals surface area contributed by atoms with Gasteiger partial charge in [-0.3, -0.25) is 0 Å². The number of hydrogen-bond acceptors (Lipinski definition) is 5. The van der Waals surface area contributed by atoms with Gasteiger partial charge >= 0.3 is 12.1 Å². The van der Waals surface area contributed by atoms with Crippen molar-refractivity contribution in [1.29, 1.82) is 0 Å². The number of alkyl carbamates (subject to hydrolysis) is 1. The number of para-hydroxylation sites is 1. The van der Waals surface area contributed by atoms with Crippen molar-refractivity contribution in [3.8, 4) is 11.5 Å². The maximum absolute atomic E-state index is 12.0.